The van der Waals surface area contributed by atoms with Crippen molar-refractivity contribution >= 4 is 23.3 Å². The van der Waals surface area contributed by atoms with Gasteiger partial charge in [-0.15, -0.1) is 6.58 Å². The molecule has 0 spiro atoms. The van der Waals surface area contributed by atoms with Crippen LogP contribution in [0.15, 0.2) is 49.1 Å². The minimum atomic E-state index is -0.329. The zero-order chi connectivity index (χ0) is 21.8. The van der Waals surface area contributed by atoms with Crippen LogP contribution < -0.4 is 9.64 Å². The van der Waals surface area contributed by atoms with Gasteiger partial charge in [-0.25, -0.2) is 4.79 Å². The Bertz CT molecular complexity index is 958. The van der Waals surface area contributed by atoms with Gasteiger partial charge in [-0.05, 0) is 85.4 Å². The number of fused-ring (bicyclic) bond motifs is 2. The average molecular weight is 440 g/mol. The molecule has 1 aliphatic heterocycles. The Morgan fingerprint density at radius 3 is 2.84 bits per heavy atom. The third-order valence-corrected chi connectivity index (χ3v) is 6.87. The quantitative estimate of drug-likeness (QED) is 0.428. The molecule has 0 unspecified atom stereocenters. The SMILES string of the molecule is C=C[C@@H]1CC[C@H]1CN1CCCCc2cc(Cl)ccc2COc2ccc(C(=O)OC)cc21. The fourth-order valence-corrected chi connectivity index (χ4v) is 4.79. The van der Waals surface area contributed by atoms with Gasteiger partial charge in [-0.1, -0.05) is 23.7 Å². The lowest BCUT2D eigenvalue weighted by atomic mass is 9.73. The molecule has 4 rings (SSSR count). The lowest BCUT2D eigenvalue weighted by Crippen LogP contribution is -2.38. The third kappa shape index (κ3) is 4.90. The van der Waals surface area contributed by atoms with Gasteiger partial charge in [0.25, 0.3) is 0 Å². The molecule has 0 amide bonds. The van der Waals surface area contributed by atoms with Gasteiger partial charge in [0.15, 0.2) is 0 Å². The van der Waals surface area contributed by atoms with Crippen molar-refractivity contribution in [3.8, 4) is 5.75 Å². The monoisotopic (exact) mass is 439 g/mol. The number of nitrogens with zero attached hydrogens (tertiary/aromatic N) is 1. The Morgan fingerprint density at radius 1 is 1.23 bits per heavy atom. The van der Waals surface area contributed by atoms with Crippen molar-refractivity contribution in [2.75, 3.05) is 25.1 Å². The van der Waals surface area contributed by atoms with E-state index < -0.39 is 0 Å². The summed E-state index contributed by atoms with van der Waals surface area (Å²) in [5.74, 6) is 1.63. The molecular formula is C26H30ClNO3. The van der Waals surface area contributed by atoms with Crippen LogP contribution in [0.2, 0.25) is 5.02 Å². The summed E-state index contributed by atoms with van der Waals surface area (Å²) < 4.78 is 11.3. The van der Waals surface area contributed by atoms with Crippen molar-refractivity contribution in [3.05, 3.63) is 70.8 Å². The minimum Gasteiger partial charge on any atom is -0.487 e. The second kappa shape index (κ2) is 9.78. The van der Waals surface area contributed by atoms with Gasteiger partial charge in [0.1, 0.15) is 12.4 Å². The Kier molecular flexibility index (Phi) is 6.86. The van der Waals surface area contributed by atoms with E-state index in [4.69, 9.17) is 21.1 Å². The molecule has 0 saturated heterocycles. The summed E-state index contributed by atoms with van der Waals surface area (Å²) in [6, 6.07) is 11.6. The van der Waals surface area contributed by atoms with Crippen molar-refractivity contribution in [2.45, 2.75) is 38.7 Å². The first kappa shape index (κ1) is 21.8. The maximum Gasteiger partial charge on any atom is 0.337 e. The standard InChI is InChI=1S/C26H30ClNO3/c1-3-18-7-8-21(18)16-28-13-5-4-6-19-14-23(27)11-9-22(19)17-31-25-12-10-20(15-24(25)28)26(29)30-2/h3,9-12,14-15,18,21H,1,4-8,13,16-17H2,2H3/t18-,21+/m1/s1. The van der Waals surface area contributed by atoms with E-state index in [2.05, 4.69) is 29.7 Å². The molecule has 1 saturated carbocycles. The van der Waals surface area contributed by atoms with E-state index in [1.165, 1.54) is 25.5 Å². The number of methoxy groups -OCH3 is 1. The fraction of sp³-hybridized carbons (Fsp3) is 0.423. The maximum absolute atomic E-state index is 12.2. The van der Waals surface area contributed by atoms with Gasteiger partial charge in [-0.3, -0.25) is 0 Å². The highest BCUT2D eigenvalue weighted by Crippen LogP contribution is 2.39. The molecule has 2 aromatic carbocycles. The highest BCUT2D eigenvalue weighted by Gasteiger charge is 2.31. The number of rotatable bonds is 4. The molecule has 0 aromatic heterocycles. The van der Waals surface area contributed by atoms with Crippen LogP contribution in [0.5, 0.6) is 5.75 Å². The summed E-state index contributed by atoms with van der Waals surface area (Å²) in [5.41, 5.74) is 3.92. The van der Waals surface area contributed by atoms with E-state index in [1.807, 2.05) is 18.2 Å². The molecule has 0 bridgehead atoms. The van der Waals surface area contributed by atoms with Crippen LogP contribution in [-0.2, 0) is 17.8 Å². The molecule has 164 valence electrons. The molecule has 1 aliphatic carbocycles. The molecule has 1 heterocycles. The van der Waals surface area contributed by atoms with Gasteiger partial charge in [0.2, 0.25) is 0 Å². The predicted octanol–water partition coefficient (Wildman–Crippen LogP) is 6.06. The van der Waals surface area contributed by atoms with Crippen LogP contribution in [0.25, 0.3) is 0 Å². The lowest BCUT2D eigenvalue weighted by Gasteiger charge is -2.39. The molecule has 2 atom stereocenters. The summed E-state index contributed by atoms with van der Waals surface area (Å²) in [4.78, 5) is 14.6. The van der Waals surface area contributed by atoms with Crippen LogP contribution >= 0.6 is 11.6 Å². The maximum atomic E-state index is 12.2. The average Bonchev–Trinajstić information content (AvgIpc) is 2.79. The van der Waals surface area contributed by atoms with Crippen LogP contribution in [0.4, 0.5) is 5.69 Å². The van der Waals surface area contributed by atoms with E-state index in [0.29, 0.717) is 24.0 Å². The third-order valence-electron chi connectivity index (χ3n) is 6.63. The van der Waals surface area contributed by atoms with Crippen molar-refractivity contribution in [3.63, 3.8) is 0 Å². The summed E-state index contributed by atoms with van der Waals surface area (Å²) in [6.45, 7) is 6.34. The van der Waals surface area contributed by atoms with Crippen molar-refractivity contribution < 1.29 is 14.3 Å². The topological polar surface area (TPSA) is 38.8 Å². The molecular weight excluding hydrogens is 410 g/mol. The number of ether oxygens (including phenoxy) is 2. The Morgan fingerprint density at radius 2 is 2.10 bits per heavy atom. The zero-order valence-corrected chi connectivity index (χ0v) is 18.9. The van der Waals surface area contributed by atoms with Gasteiger partial charge < -0.3 is 14.4 Å². The molecule has 5 heteroatoms. The van der Waals surface area contributed by atoms with Gasteiger partial charge in [0, 0.05) is 18.1 Å². The zero-order valence-electron chi connectivity index (χ0n) is 18.1. The first-order valence-electron chi connectivity index (χ1n) is 11.1. The summed E-state index contributed by atoms with van der Waals surface area (Å²) in [5, 5.41) is 0.763. The fourth-order valence-electron chi connectivity index (χ4n) is 4.60. The smallest absolute Gasteiger partial charge is 0.337 e. The molecule has 2 aliphatic rings. The first-order valence-corrected chi connectivity index (χ1v) is 11.5. The number of hydrogen-bond donors (Lipinski definition) is 0. The van der Waals surface area contributed by atoms with E-state index in [1.54, 1.807) is 6.07 Å². The van der Waals surface area contributed by atoms with E-state index in [9.17, 15) is 4.79 Å². The van der Waals surface area contributed by atoms with E-state index in [-0.39, 0.29) is 5.97 Å². The highest BCUT2D eigenvalue weighted by atomic mass is 35.5. The molecule has 0 N–H and O–H groups in total. The van der Waals surface area contributed by atoms with Crippen molar-refractivity contribution in [2.24, 2.45) is 11.8 Å². The molecule has 2 aromatic rings. The summed E-state index contributed by atoms with van der Waals surface area (Å²) >= 11 is 6.25. The number of esters is 1. The van der Waals surface area contributed by atoms with Crippen LogP contribution in [0, 0.1) is 11.8 Å². The normalized spacial score (nSPS) is 20.9. The molecule has 31 heavy (non-hydrogen) atoms. The highest BCUT2D eigenvalue weighted by molar-refractivity contribution is 6.30. The molecule has 1 fully saturated rings. The number of benzene rings is 2. The summed E-state index contributed by atoms with van der Waals surface area (Å²) in [7, 11) is 1.41. The molecule has 0 radical (unpaired) electrons. The Hall–Kier alpha value is -2.46. The number of aryl methyl sites for hydroxylation is 1. The second-order valence-electron chi connectivity index (χ2n) is 8.52. The van der Waals surface area contributed by atoms with Crippen LogP contribution in [-0.4, -0.2) is 26.2 Å². The summed E-state index contributed by atoms with van der Waals surface area (Å²) in [6.07, 6.45) is 7.62. The van der Waals surface area contributed by atoms with Gasteiger partial charge in [-0.2, -0.15) is 0 Å². The minimum absolute atomic E-state index is 0.329. The Balaban J connectivity index is 1.68. The largest absolute Gasteiger partial charge is 0.487 e. The van der Waals surface area contributed by atoms with Crippen molar-refractivity contribution in [1.82, 2.24) is 0 Å². The first-order chi connectivity index (χ1) is 15.1. The number of anilines is 1. The lowest BCUT2D eigenvalue weighted by molar-refractivity contribution is 0.0600. The van der Waals surface area contributed by atoms with Crippen LogP contribution in [0.1, 0.15) is 47.2 Å². The number of hydrogen-bond acceptors (Lipinski definition) is 4. The van der Waals surface area contributed by atoms with Gasteiger partial charge in [0.05, 0.1) is 18.4 Å². The number of halogens is 1. The van der Waals surface area contributed by atoms with E-state index >= 15 is 0 Å². The number of carbonyl (C=O) groups is 1. The predicted molar refractivity (Wildman–Crippen MR) is 125 cm³/mol. The molecule has 4 nitrogen and oxygen atoms in total. The number of allylic oxidation sites excluding steroid dienone is 1. The Labute approximate surface area is 189 Å². The van der Waals surface area contributed by atoms with Crippen LogP contribution in [0.3, 0.4) is 0 Å². The van der Waals surface area contributed by atoms with Crippen molar-refractivity contribution in [1.29, 1.82) is 0 Å². The van der Waals surface area contributed by atoms with Gasteiger partial charge >= 0.3 is 5.97 Å². The number of carbonyl (C=O) groups excluding carboxylic acids is 1. The van der Waals surface area contributed by atoms with E-state index in [0.717, 1.165) is 54.4 Å². The second-order valence-corrected chi connectivity index (χ2v) is 8.95.